The second-order valence-corrected chi connectivity index (χ2v) is 6.59. The van der Waals surface area contributed by atoms with Crippen LogP contribution in [0.15, 0.2) is 15.9 Å². The Hall–Kier alpha value is -0.650. The first-order valence-electron chi connectivity index (χ1n) is 6.10. The van der Waals surface area contributed by atoms with E-state index in [1.165, 1.54) is 17.7 Å². The van der Waals surface area contributed by atoms with Crippen molar-refractivity contribution in [3.8, 4) is 0 Å². The average Bonchev–Trinajstić information content (AvgIpc) is 2.89. The summed E-state index contributed by atoms with van der Waals surface area (Å²) < 4.78 is 3.14. The number of halogens is 1. The molecule has 1 aliphatic rings. The molecule has 0 atom stereocenters. The molecule has 3 heterocycles. The second kappa shape index (κ2) is 4.79. The van der Waals surface area contributed by atoms with E-state index < -0.39 is 0 Å². The van der Waals surface area contributed by atoms with E-state index in [-0.39, 0.29) is 0 Å². The maximum absolute atomic E-state index is 4.46. The van der Waals surface area contributed by atoms with E-state index in [4.69, 9.17) is 0 Å². The average molecular weight is 326 g/mol. The molecular weight excluding hydrogens is 310 g/mol. The van der Waals surface area contributed by atoms with E-state index in [2.05, 4.69) is 37.4 Å². The summed E-state index contributed by atoms with van der Waals surface area (Å²) in [5.41, 5.74) is 3.84. The molecule has 96 valence electrons. The van der Waals surface area contributed by atoms with Crippen molar-refractivity contribution in [2.45, 2.75) is 26.4 Å². The number of hydrogen-bond acceptors (Lipinski definition) is 3. The predicted molar refractivity (Wildman–Crippen MR) is 77.8 cm³/mol. The van der Waals surface area contributed by atoms with Gasteiger partial charge in [0.2, 0.25) is 0 Å². The van der Waals surface area contributed by atoms with E-state index >= 15 is 0 Å². The molecule has 18 heavy (non-hydrogen) atoms. The summed E-state index contributed by atoms with van der Waals surface area (Å²) in [6, 6.07) is 2.26. The number of aromatic nitrogens is 2. The van der Waals surface area contributed by atoms with Gasteiger partial charge >= 0.3 is 0 Å². The molecule has 0 amide bonds. The Bertz CT molecular complexity index is 573. The Kier molecular flexibility index (Phi) is 3.30. The van der Waals surface area contributed by atoms with Gasteiger partial charge in [-0.15, -0.1) is 11.3 Å². The summed E-state index contributed by atoms with van der Waals surface area (Å²) in [5, 5.41) is 6.66. The molecule has 0 saturated carbocycles. The Balaban J connectivity index is 1.78. The van der Waals surface area contributed by atoms with Crippen LogP contribution in [0.1, 0.15) is 21.8 Å². The Morgan fingerprint density at radius 1 is 1.50 bits per heavy atom. The zero-order valence-corrected chi connectivity index (χ0v) is 13.0. The lowest BCUT2D eigenvalue weighted by Gasteiger charge is -2.26. The highest BCUT2D eigenvalue weighted by Crippen LogP contribution is 2.27. The maximum Gasteiger partial charge on any atom is 0.0739 e. The van der Waals surface area contributed by atoms with Crippen LogP contribution in [-0.2, 0) is 26.6 Å². The van der Waals surface area contributed by atoms with E-state index in [0.29, 0.717) is 0 Å². The van der Waals surface area contributed by atoms with E-state index in [1.54, 1.807) is 4.88 Å². The monoisotopic (exact) mass is 325 g/mol. The number of hydrogen-bond donors (Lipinski definition) is 0. The van der Waals surface area contributed by atoms with Crippen molar-refractivity contribution in [2.24, 2.45) is 7.05 Å². The van der Waals surface area contributed by atoms with Gasteiger partial charge in [-0.3, -0.25) is 9.58 Å². The summed E-state index contributed by atoms with van der Waals surface area (Å²) in [4.78, 5) is 4.06. The van der Waals surface area contributed by atoms with Gasteiger partial charge in [0.05, 0.1) is 15.9 Å². The summed E-state index contributed by atoms with van der Waals surface area (Å²) in [6.07, 6.45) is 1.18. The molecule has 0 saturated heterocycles. The minimum atomic E-state index is 0.965. The lowest BCUT2D eigenvalue weighted by molar-refractivity contribution is 0.240. The third-order valence-electron chi connectivity index (χ3n) is 3.52. The quantitative estimate of drug-likeness (QED) is 0.845. The first-order valence-corrected chi connectivity index (χ1v) is 7.78. The molecule has 0 unspecified atom stereocenters. The number of nitrogens with zero attached hydrogens (tertiary/aromatic N) is 3. The SMILES string of the molecule is Cc1nn(C)c(CN2CCc3sccc3C2)c1Br. The summed E-state index contributed by atoms with van der Waals surface area (Å²) >= 11 is 5.53. The van der Waals surface area contributed by atoms with Crippen molar-refractivity contribution in [1.82, 2.24) is 14.7 Å². The highest BCUT2D eigenvalue weighted by atomic mass is 79.9. The van der Waals surface area contributed by atoms with Crippen LogP contribution in [0, 0.1) is 6.92 Å². The summed E-state index contributed by atoms with van der Waals surface area (Å²) in [7, 11) is 2.02. The molecule has 0 radical (unpaired) electrons. The topological polar surface area (TPSA) is 21.1 Å². The molecule has 3 rings (SSSR count). The van der Waals surface area contributed by atoms with Crippen molar-refractivity contribution < 1.29 is 0 Å². The van der Waals surface area contributed by atoms with E-state index in [9.17, 15) is 0 Å². The smallest absolute Gasteiger partial charge is 0.0739 e. The van der Waals surface area contributed by atoms with Gasteiger partial charge in [0.15, 0.2) is 0 Å². The lowest BCUT2D eigenvalue weighted by Crippen LogP contribution is -2.30. The molecular formula is C13H16BrN3S. The van der Waals surface area contributed by atoms with Crippen molar-refractivity contribution >= 4 is 27.3 Å². The van der Waals surface area contributed by atoms with Crippen molar-refractivity contribution in [3.05, 3.63) is 37.7 Å². The number of rotatable bonds is 2. The van der Waals surface area contributed by atoms with Crippen LogP contribution in [0.5, 0.6) is 0 Å². The van der Waals surface area contributed by atoms with Crippen LogP contribution in [0.2, 0.25) is 0 Å². The largest absolute Gasteiger partial charge is 0.293 e. The van der Waals surface area contributed by atoms with Gasteiger partial charge in [-0.25, -0.2) is 0 Å². The molecule has 1 aliphatic heterocycles. The molecule has 2 aromatic heterocycles. The minimum Gasteiger partial charge on any atom is -0.293 e. The van der Waals surface area contributed by atoms with Crippen LogP contribution in [0.4, 0.5) is 0 Å². The summed E-state index contributed by atoms with van der Waals surface area (Å²) in [6.45, 7) is 5.22. The summed E-state index contributed by atoms with van der Waals surface area (Å²) in [5.74, 6) is 0. The van der Waals surface area contributed by atoms with Crippen molar-refractivity contribution in [1.29, 1.82) is 0 Å². The first-order chi connectivity index (χ1) is 8.65. The van der Waals surface area contributed by atoms with Crippen molar-refractivity contribution in [2.75, 3.05) is 6.54 Å². The van der Waals surface area contributed by atoms with Gasteiger partial charge in [0.25, 0.3) is 0 Å². The molecule has 5 heteroatoms. The predicted octanol–water partition coefficient (Wildman–Crippen LogP) is 3.11. The van der Waals surface area contributed by atoms with Gasteiger partial charge in [0.1, 0.15) is 0 Å². The first kappa shape index (κ1) is 12.4. The zero-order chi connectivity index (χ0) is 12.7. The molecule has 0 bridgehead atoms. The van der Waals surface area contributed by atoms with E-state index in [1.807, 2.05) is 30.0 Å². The molecule has 0 spiro atoms. The highest BCUT2D eigenvalue weighted by molar-refractivity contribution is 9.10. The molecule has 0 aromatic carbocycles. The minimum absolute atomic E-state index is 0.965. The molecule has 2 aromatic rings. The molecule has 0 fully saturated rings. The third kappa shape index (κ3) is 2.15. The van der Waals surface area contributed by atoms with Gasteiger partial charge in [-0.2, -0.15) is 5.10 Å². The van der Waals surface area contributed by atoms with Crippen LogP contribution in [0.3, 0.4) is 0 Å². The number of fused-ring (bicyclic) bond motifs is 1. The maximum atomic E-state index is 4.46. The van der Waals surface area contributed by atoms with Gasteiger partial charge in [-0.05, 0) is 46.3 Å². The molecule has 0 N–H and O–H groups in total. The highest BCUT2D eigenvalue weighted by Gasteiger charge is 2.20. The van der Waals surface area contributed by atoms with Gasteiger partial charge in [-0.1, -0.05) is 0 Å². The van der Waals surface area contributed by atoms with Crippen LogP contribution < -0.4 is 0 Å². The Morgan fingerprint density at radius 2 is 2.33 bits per heavy atom. The fraction of sp³-hybridized carbons (Fsp3) is 0.462. The molecule has 0 aliphatic carbocycles. The number of aryl methyl sites for hydroxylation is 2. The Labute approximate surface area is 120 Å². The van der Waals surface area contributed by atoms with E-state index in [0.717, 1.165) is 29.8 Å². The van der Waals surface area contributed by atoms with Crippen molar-refractivity contribution in [3.63, 3.8) is 0 Å². The standard InChI is InChI=1S/C13H16BrN3S/c1-9-13(14)11(16(2)15-9)8-17-5-3-12-10(7-17)4-6-18-12/h4,6H,3,5,7-8H2,1-2H3. The van der Waals surface area contributed by atoms with Crippen LogP contribution in [-0.4, -0.2) is 21.2 Å². The second-order valence-electron chi connectivity index (χ2n) is 4.80. The lowest BCUT2D eigenvalue weighted by atomic mass is 10.1. The van der Waals surface area contributed by atoms with Gasteiger partial charge in [0, 0.05) is 31.6 Å². The fourth-order valence-corrected chi connectivity index (χ4v) is 3.86. The fourth-order valence-electron chi connectivity index (χ4n) is 2.51. The van der Waals surface area contributed by atoms with Gasteiger partial charge < -0.3 is 0 Å². The van der Waals surface area contributed by atoms with Crippen LogP contribution >= 0.6 is 27.3 Å². The molecule has 3 nitrogen and oxygen atoms in total. The number of thiophene rings is 1. The Morgan fingerprint density at radius 3 is 3.06 bits per heavy atom. The third-order valence-corrected chi connectivity index (χ3v) is 5.58. The zero-order valence-electron chi connectivity index (χ0n) is 10.6. The van der Waals surface area contributed by atoms with Crippen LogP contribution in [0.25, 0.3) is 0 Å². The normalized spacial score (nSPS) is 15.9.